The number of anilines is 1. The van der Waals surface area contributed by atoms with Crippen LogP contribution < -0.4 is 14.8 Å². The Bertz CT molecular complexity index is 1060. The summed E-state index contributed by atoms with van der Waals surface area (Å²) in [5.41, 5.74) is 1.22. The third-order valence-electron chi connectivity index (χ3n) is 5.91. The van der Waals surface area contributed by atoms with E-state index in [1.54, 1.807) is 30.0 Å². The van der Waals surface area contributed by atoms with Gasteiger partial charge in [-0.1, -0.05) is 0 Å². The molecule has 1 saturated heterocycles. The number of hydrogen-bond donors (Lipinski definition) is 1. The molecule has 0 bridgehead atoms. The minimum atomic E-state index is -0.286. The summed E-state index contributed by atoms with van der Waals surface area (Å²) in [6.45, 7) is 3.92. The summed E-state index contributed by atoms with van der Waals surface area (Å²) in [7, 11) is 0. The molecule has 162 valence electrons. The Hall–Kier alpha value is -3.14. The number of amides is 3. The van der Waals surface area contributed by atoms with E-state index >= 15 is 0 Å². The lowest BCUT2D eigenvalue weighted by atomic mass is 10.1. The summed E-state index contributed by atoms with van der Waals surface area (Å²) in [5.74, 6) is 0.693. The normalized spacial score (nSPS) is 19.3. The van der Waals surface area contributed by atoms with Gasteiger partial charge in [0, 0.05) is 43.5 Å². The highest BCUT2D eigenvalue weighted by Gasteiger charge is 2.36. The van der Waals surface area contributed by atoms with Crippen molar-refractivity contribution in [2.75, 3.05) is 38.3 Å². The van der Waals surface area contributed by atoms with E-state index in [1.807, 2.05) is 4.90 Å². The Labute approximate surface area is 182 Å². The number of benzene rings is 1. The van der Waals surface area contributed by atoms with Gasteiger partial charge in [-0.25, -0.2) is 4.98 Å². The second-order valence-corrected chi connectivity index (χ2v) is 8.86. The Kier molecular flexibility index (Phi) is 5.01. The van der Waals surface area contributed by atoms with Gasteiger partial charge in [0.2, 0.25) is 18.6 Å². The number of thiazole rings is 1. The van der Waals surface area contributed by atoms with Crippen molar-refractivity contribution < 1.29 is 23.9 Å². The molecule has 10 heteroatoms. The fourth-order valence-electron chi connectivity index (χ4n) is 4.19. The molecule has 1 N–H and O–H groups in total. The molecule has 1 fully saturated rings. The zero-order chi connectivity index (χ0) is 21.5. The number of fused-ring (bicyclic) bond motifs is 2. The van der Waals surface area contributed by atoms with Crippen molar-refractivity contribution in [1.29, 1.82) is 0 Å². The molecule has 3 amide bonds. The van der Waals surface area contributed by atoms with Gasteiger partial charge in [0.15, 0.2) is 16.6 Å². The number of rotatable bonds is 3. The van der Waals surface area contributed by atoms with E-state index < -0.39 is 0 Å². The number of hydrogen-bond acceptors (Lipinski definition) is 7. The van der Waals surface area contributed by atoms with Gasteiger partial charge in [0.05, 0.1) is 11.6 Å². The zero-order valence-electron chi connectivity index (χ0n) is 17.1. The molecule has 0 radical (unpaired) electrons. The molecule has 2 aromatic rings. The highest BCUT2D eigenvalue weighted by molar-refractivity contribution is 7.16. The van der Waals surface area contributed by atoms with Crippen molar-refractivity contribution in [3.05, 3.63) is 34.3 Å². The number of carbonyl (C=O) groups excluding carboxylic acids is 3. The van der Waals surface area contributed by atoms with Crippen LogP contribution in [0.2, 0.25) is 0 Å². The molecular formula is C21H22N4O5S. The van der Waals surface area contributed by atoms with E-state index in [2.05, 4.69) is 10.3 Å². The van der Waals surface area contributed by atoms with Gasteiger partial charge in [-0.05, 0) is 31.0 Å². The van der Waals surface area contributed by atoms with Crippen molar-refractivity contribution in [2.24, 2.45) is 0 Å². The number of carbonyl (C=O) groups is 3. The fourth-order valence-corrected chi connectivity index (χ4v) is 5.22. The zero-order valence-corrected chi connectivity index (χ0v) is 17.9. The quantitative estimate of drug-likeness (QED) is 0.779. The Morgan fingerprint density at radius 2 is 1.84 bits per heavy atom. The van der Waals surface area contributed by atoms with E-state index in [-0.39, 0.29) is 30.4 Å². The smallest absolute Gasteiger partial charge is 0.257 e. The maximum Gasteiger partial charge on any atom is 0.257 e. The molecule has 3 heterocycles. The SMILES string of the molecule is CC(=O)N1CCN(C(=O)[C@H]2CCc3sc(NC(=O)c4ccc5c(c4)OCO5)nc32)CC1. The highest BCUT2D eigenvalue weighted by atomic mass is 32.1. The van der Waals surface area contributed by atoms with Crippen LogP contribution in [0.25, 0.3) is 0 Å². The van der Waals surface area contributed by atoms with E-state index in [9.17, 15) is 14.4 Å². The molecule has 9 nitrogen and oxygen atoms in total. The van der Waals surface area contributed by atoms with Gasteiger partial charge in [-0.2, -0.15) is 0 Å². The molecule has 31 heavy (non-hydrogen) atoms. The van der Waals surface area contributed by atoms with Crippen molar-refractivity contribution in [2.45, 2.75) is 25.7 Å². The predicted molar refractivity (Wildman–Crippen MR) is 113 cm³/mol. The average molecular weight is 442 g/mol. The third kappa shape index (κ3) is 3.71. The van der Waals surface area contributed by atoms with Crippen LogP contribution in [-0.4, -0.2) is 65.5 Å². The van der Waals surface area contributed by atoms with Crippen LogP contribution in [0.5, 0.6) is 11.5 Å². The number of ether oxygens (including phenoxy) is 2. The van der Waals surface area contributed by atoms with E-state index in [1.165, 1.54) is 11.3 Å². The van der Waals surface area contributed by atoms with Crippen molar-refractivity contribution in [1.82, 2.24) is 14.8 Å². The fraction of sp³-hybridized carbons (Fsp3) is 0.429. The van der Waals surface area contributed by atoms with Gasteiger partial charge in [0.25, 0.3) is 5.91 Å². The molecule has 1 aliphatic carbocycles. The van der Waals surface area contributed by atoms with Crippen molar-refractivity contribution in [3.8, 4) is 11.5 Å². The molecule has 1 atom stereocenters. The second kappa shape index (κ2) is 7.84. The Balaban J connectivity index is 1.26. The molecule has 1 aromatic carbocycles. The van der Waals surface area contributed by atoms with Gasteiger partial charge in [0.1, 0.15) is 0 Å². The first-order chi connectivity index (χ1) is 15.0. The predicted octanol–water partition coefficient (Wildman–Crippen LogP) is 1.84. The molecule has 1 aromatic heterocycles. The molecule has 3 aliphatic rings. The minimum Gasteiger partial charge on any atom is -0.454 e. The molecule has 0 saturated carbocycles. The maximum atomic E-state index is 13.1. The van der Waals surface area contributed by atoms with Gasteiger partial charge >= 0.3 is 0 Å². The van der Waals surface area contributed by atoms with Gasteiger partial charge in [-0.15, -0.1) is 11.3 Å². The average Bonchev–Trinajstić information content (AvgIpc) is 3.48. The molecule has 0 unspecified atom stereocenters. The van der Waals surface area contributed by atoms with Crippen LogP contribution in [0, 0.1) is 0 Å². The summed E-state index contributed by atoms with van der Waals surface area (Å²) in [5, 5.41) is 3.33. The van der Waals surface area contributed by atoms with Crippen LogP contribution in [0.15, 0.2) is 18.2 Å². The lowest BCUT2D eigenvalue weighted by Gasteiger charge is -2.35. The topological polar surface area (TPSA) is 101 Å². The summed E-state index contributed by atoms with van der Waals surface area (Å²) < 4.78 is 10.6. The number of nitrogens with one attached hydrogen (secondary N) is 1. The third-order valence-corrected chi connectivity index (χ3v) is 6.95. The summed E-state index contributed by atoms with van der Waals surface area (Å²) in [6.07, 6.45) is 1.51. The first kappa shape index (κ1) is 19.8. The number of nitrogens with zero attached hydrogens (tertiary/aromatic N) is 3. The minimum absolute atomic E-state index is 0.0394. The number of aryl methyl sites for hydroxylation is 1. The lowest BCUT2D eigenvalue weighted by Crippen LogP contribution is -2.51. The van der Waals surface area contributed by atoms with Crippen LogP contribution in [0.1, 0.15) is 40.2 Å². The summed E-state index contributed by atoms with van der Waals surface area (Å²) in [4.78, 5) is 46.4. The van der Waals surface area contributed by atoms with Crippen LogP contribution >= 0.6 is 11.3 Å². The van der Waals surface area contributed by atoms with E-state index in [4.69, 9.17) is 9.47 Å². The molecule has 5 rings (SSSR count). The summed E-state index contributed by atoms with van der Waals surface area (Å²) >= 11 is 1.42. The maximum absolute atomic E-state index is 13.1. The van der Waals surface area contributed by atoms with E-state index in [0.29, 0.717) is 48.4 Å². The molecular weight excluding hydrogens is 420 g/mol. The highest BCUT2D eigenvalue weighted by Crippen LogP contribution is 2.40. The van der Waals surface area contributed by atoms with E-state index in [0.717, 1.165) is 23.4 Å². The molecule has 0 spiro atoms. The summed E-state index contributed by atoms with van der Waals surface area (Å²) in [6, 6.07) is 5.03. The van der Waals surface area contributed by atoms with Crippen LogP contribution in [-0.2, 0) is 16.0 Å². The van der Waals surface area contributed by atoms with Gasteiger partial charge in [-0.3, -0.25) is 19.7 Å². The second-order valence-electron chi connectivity index (χ2n) is 7.77. The monoisotopic (exact) mass is 442 g/mol. The molecule has 2 aliphatic heterocycles. The van der Waals surface area contributed by atoms with Crippen LogP contribution in [0.4, 0.5) is 5.13 Å². The Morgan fingerprint density at radius 3 is 2.61 bits per heavy atom. The largest absolute Gasteiger partial charge is 0.454 e. The van der Waals surface area contributed by atoms with Crippen molar-refractivity contribution in [3.63, 3.8) is 0 Å². The first-order valence-electron chi connectivity index (χ1n) is 10.2. The Morgan fingerprint density at radius 1 is 1.10 bits per heavy atom. The number of piperazine rings is 1. The van der Waals surface area contributed by atoms with Crippen molar-refractivity contribution >= 4 is 34.2 Å². The first-order valence-corrected chi connectivity index (χ1v) is 11.1. The van der Waals surface area contributed by atoms with Crippen LogP contribution in [0.3, 0.4) is 0 Å². The van der Waals surface area contributed by atoms with Gasteiger partial charge < -0.3 is 19.3 Å². The lowest BCUT2D eigenvalue weighted by molar-refractivity contribution is -0.139. The standard InChI is InChI=1S/C21H22N4O5S/c1-12(26)24-6-8-25(9-7-24)20(28)14-3-5-17-18(14)22-21(31-17)23-19(27)13-2-4-15-16(10-13)30-11-29-15/h2,4,10,14H,3,5-9,11H2,1H3,(H,22,23,27)/t14-/m0/s1. The number of aromatic nitrogens is 1.